The lowest BCUT2D eigenvalue weighted by Crippen LogP contribution is -2.20. The molecule has 0 amide bonds. The van der Waals surface area contributed by atoms with Crippen molar-refractivity contribution in [1.29, 1.82) is 0 Å². The normalized spacial score (nSPS) is 12.4. The van der Waals surface area contributed by atoms with Crippen molar-refractivity contribution >= 4 is 24.1 Å². The lowest BCUT2D eigenvalue weighted by Gasteiger charge is -2.15. The minimum atomic E-state index is -0.658. The van der Waals surface area contributed by atoms with Gasteiger partial charge in [0.1, 0.15) is 0 Å². The Balaban J connectivity index is 1.57. The number of hydrogen-bond donors (Lipinski definition) is 0. The van der Waals surface area contributed by atoms with Gasteiger partial charge in [-0.3, -0.25) is 0 Å². The quantitative estimate of drug-likeness (QED) is 0.234. The van der Waals surface area contributed by atoms with Crippen molar-refractivity contribution in [3.63, 3.8) is 0 Å². The number of esters is 2. The van der Waals surface area contributed by atoms with Gasteiger partial charge in [-0.2, -0.15) is 0 Å². The van der Waals surface area contributed by atoms with Crippen molar-refractivity contribution in [2.75, 3.05) is 13.2 Å². The molecule has 6 heteroatoms. The van der Waals surface area contributed by atoms with Gasteiger partial charge in [-0.15, -0.1) is 0 Å². The lowest BCUT2D eigenvalue weighted by molar-refractivity contribution is -0.109. The SMILES string of the molecule is C=Cc1ccc(C(=O)OC(C)OCCCCOC(C)OC(=O)c2ccc(C=C)cc2)cc1. The van der Waals surface area contributed by atoms with Crippen molar-refractivity contribution in [2.45, 2.75) is 39.3 Å². The molecule has 2 aromatic carbocycles. The summed E-state index contributed by atoms with van der Waals surface area (Å²) in [5.74, 6) is -0.877. The largest absolute Gasteiger partial charge is 0.432 e. The lowest BCUT2D eigenvalue weighted by atomic mass is 10.1. The average molecular weight is 439 g/mol. The van der Waals surface area contributed by atoms with Gasteiger partial charge < -0.3 is 18.9 Å². The molecule has 32 heavy (non-hydrogen) atoms. The Morgan fingerprint density at radius 1 is 0.719 bits per heavy atom. The molecule has 0 aliphatic rings. The van der Waals surface area contributed by atoms with Gasteiger partial charge in [0.15, 0.2) is 12.6 Å². The molecular weight excluding hydrogens is 408 g/mol. The molecule has 0 saturated carbocycles. The molecule has 0 fully saturated rings. The summed E-state index contributed by atoms with van der Waals surface area (Å²) in [4.78, 5) is 24.2. The molecule has 0 bridgehead atoms. The van der Waals surface area contributed by atoms with E-state index in [1.54, 1.807) is 74.5 Å². The number of benzene rings is 2. The summed E-state index contributed by atoms with van der Waals surface area (Å²) in [7, 11) is 0. The van der Waals surface area contributed by atoms with Gasteiger partial charge in [-0.05, 0) is 62.1 Å². The van der Waals surface area contributed by atoms with Crippen molar-refractivity contribution < 1.29 is 28.5 Å². The molecular formula is C26H30O6. The minimum Gasteiger partial charge on any atom is -0.432 e. The van der Waals surface area contributed by atoms with Crippen LogP contribution in [0.2, 0.25) is 0 Å². The highest BCUT2D eigenvalue weighted by molar-refractivity contribution is 5.90. The number of carbonyl (C=O) groups is 2. The predicted octanol–water partition coefficient (Wildman–Crippen LogP) is 5.49. The summed E-state index contributed by atoms with van der Waals surface area (Å²) in [6.07, 6.45) is 3.51. The first kappa shape index (κ1) is 25.0. The Morgan fingerprint density at radius 2 is 1.06 bits per heavy atom. The zero-order chi connectivity index (χ0) is 23.3. The molecule has 6 nitrogen and oxygen atoms in total. The molecule has 0 aliphatic carbocycles. The number of rotatable bonds is 13. The van der Waals surface area contributed by atoms with Gasteiger partial charge in [-0.25, -0.2) is 9.59 Å². The van der Waals surface area contributed by atoms with Gasteiger partial charge in [0.25, 0.3) is 0 Å². The van der Waals surface area contributed by atoms with Crippen LogP contribution in [0.25, 0.3) is 12.2 Å². The van der Waals surface area contributed by atoms with Gasteiger partial charge in [-0.1, -0.05) is 49.6 Å². The monoisotopic (exact) mass is 438 g/mol. The second-order valence-electron chi connectivity index (χ2n) is 7.05. The van der Waals surface area contributed by atoms with Crippen LogP contribution in [0.5, 0.6) is 0 Å². The van der Waals surface area contributed by atoms with Crippen molar-refractivity contribution in [3.8, 4) is 0 Å². The zero-order valence-corrected chi connectivity index (χ0v) is 18.6. The molecule has 2 rings (SSSR count). The third kappa shape index (κ3) is 8.49. The Kier molecular flexibility index (Phi) is 10.4. The maximum Gasteiger partial charge on any atom is 0.340 e. The van der Waals surface area contributed by atoms with E-state index in [4.69, 9.17) is 18.9 Å². The zero-order valence-electron chi connectivity index (χ0n) is 18.6. The second-order valence-corrected chi connectivity index (χ2v) is 7.05. The van der Waals surface area contributed by atoms with Crippen molar-refractivity contribution in [3.05, 3.63) is 83.9 Å². The highest BCUT2D eigenvalue weighted by atomic mass is 16.7. The molecule has 0 spiro atoms. The third-order valence-electron chi connectivity index (χ3n) is 4.55. The topological polar surface area (TPSA) is 71.1 Å². The van der Waals surface area contributed by atoms with E-state index in [0.717, 1.165) is 11.1 Å². The van der Waals surface area contributed by atoms with Crippen LogP contribution in [-0.2, 0) is 18.9 Å². The Labute approximate surface area is 189 Å². The van der Waals surface area contributed by atoms with E-state index in [0.29, 0.717) is 37.2 Å². The highest BCUT2D eigenvalue weighted by Gasteiger charge is 2.13. The Morgan fingerprint density at radius 3 is 1.38 bits per heavy atom. The van der Waals surface area contributed by atoms with E-state index in [1.165, 1.54) is 0 Å². The maximum absolute atomic E-state index is 12.1. The fourth-order valence-corrected chi connectivity index (χ4v) is 2.72. The van der Waals surface area contributed by atoms with Crippen LogP contribution < -0.4 is 0 Å². The fourth-order valence-electron chi connectivity index (χ4n) is 2.72. The summed E-state index contributed by atoms with van der Waals surface area (Å²) in [6.45, 7) is 11.5. The van der Waals surface area contributed by atoms with E-state index in [-0.39, 0.29) is 0 Å². The Hall–Kier alpha value is -3.22. The average Bonchev–Trinajstić information content (AvgIpc) is 2.81. The second kappa shape index (κ2) is 13.2. The van der Waals surface area contributed by atoms with E-state index < -0.39 is 24.5 Å². The van der Waals surface area contributed by atoms with E-state index >= 15 is 0 Å². The van der Waals surface area contributed by atoms with Crippen molar-refractivity contribution in [1.82, 2.24) is 0 Å². The van der Waals surface area contributed by atoms with Gasteiger partial charge in [0.05, 0.1) is 24.3 Å². The molecule has 170 valence electrons. The van der Waals surface area contributed by atoms with Crippen LogP contribution in [0, 0.1) is 0 Å². The van der Waals surface area contributed by atoms with Crippen LogP contribution in [0.3, 0.4) is 0 Å². The van der Waals surface area contributed by atoms with Crippen LogP contribution in [-0.4, -0.2) is 37.7 Å². The van der Waals surface area contributed by atoms with E-state index in [1.807, 2.05) is 0 Å². The number of unbranched alkanes of at least 4 members (excludes halogenated alkanes) is 1. The highest BCUT2D eigenvalue weighted by Crippen LogP contribution is 2.10. The van der Waals surface area contributed by atoms with Crippen LogP contribution in [0.4, 0.5) is 0 Å². The molecule has 2 unspecified atom stereocenters. The molecule has 2 atom stereocenters. The summed E-state index contributed by atoms with van der Waals surface area (Å²) < 4.78 is 21.6. The minimum absolute atomic E-state index is 0.414. The number of hydrogen-bond acceptors (Lipinski definition) is 6. The van der Waals surface area contributed by atoms with Crippen LogP contribution >= 0.6 is 0 Å². The van der Waals surface area contributed by atoms with E-state index in [9.17, 15) is 9.59 Å². The van der Waals surface area contributed by atoms with Crippen molar-refractivity contribution in [2.24, 2.45) is 0 Å². The molecule has 0 aromatic heterocycles. The molecule has 0 heterocycles. The summed E-state index contributed by atoms with van der Waals surface area (Å²) in [5.41, 5.74) is 2.78. The maximum atomic E-state index is 12.1. The van der Waals surface area contributed by atoms with E-state index in [2.05, 4.69) is 13.2 Å². The standard InChI is InChI=1S/C26H30O6/c1-5-21-9-13-23(14-10-21)25(27)31-19(3)29-17-7-8-18-30-20(4)32-26(28)24-15-11-22(6-2)12-16-24/h5-6,9-16,19-20H,1-2,7-8,17-18H2,3-4H3. The molecule has 0 saturated heterocycles. The molecule has 2 aromatic rings. The summed E-state index contributed by atoms with van der Waals surface area (Å²) in [5, 5.41) is 0. The van der Waals surface area contributed by atoms with Gasteiger partial charge in [0, 0.05) is 0 Å². The van der Waals surface area contributed by atoms with Crippen LogP contribution in [0.1, 0.15) is 58.5 Å². The molecule has 0 aliphatic heterocycles. The summed E-state index contributed by atoms with van der Waals surface area (Å²) in [6, 6.07) is 13.9. The number of ether oxygens (including phenoxy) is 4. The summed E-state index contributed by atoms with van der Waals surface area (Å²) >= 11 is 0. The van der Waals surface area contributed by atoms with Gasteiger partial charge >= 0.3 is 11.9 Å². The number of carbonyl (C=O) groups excluding carboxylic acids is 2. The first-order valence-electron chi connectivity index (χ1n) is 10.5. The third-order valence-corrected chi connectivity index (χ3v) is 4.55. The molecule has 0 N–H and O–H groups in total. The first-order chi connectivity index (χ1) is 15.4. The fraction of sp³-hybridized carbons (Fsp3) is 0.308. The molecule has 0 radical (unpaired) electrons. The van der Waals surface area contributed by atoms with Crippen LogP contribution in [0.15, 0.2) is 61.7 Å². The Bertz CT molecular complexity index is 810. The predicted molar refractivity (Wildman–Crippen MR) is 124 cm³/mol. The first-order valence-corrected chi connectivity index (χ1v) is 10.5. The van der Waals surface area contributed by atoms with Gasteiger partial charge in [0.2, 0.25) is 0 Å². The smallest absolute Gasteiger partial charge is 0.340 e.